The van der Waals surface area contributed by atoms with E-state index in [0.717, 1.165) is 12.1 Å². The molecule has 0 aromatic heterocycles. The zero-order valence-corrected chi connectivity index (χ0v) is 17.9. The molecular formula is C24H25F2N3O3. The van der Waals surface area contributed by atoms with Crippen LogP contribution in [0.25, 0.3) is 0 Å². The van der Waals surface area contributed by atoms with E-state index in [1.807, 2.05) is 6.92 Å². The Bertz CT molecular complexity index is 997. The Kier molecular flexibility index (Phi) is 7.77. The van der Waals surface area contributed by atoms with Crippen LogP contribution < -0.4 is 9.64 Å². The van der Waals surface area contributed by atoms with Crippen LogP contribution in [0.2, 0.25) is 0 Å². The highest BCUT2D eigenvalue weighted by molar-refractivity contribution is 5.96. The lowest BCUT2D eigenvalue weighted by atomic mass is 9.94. The van der Waals surface area contributed by atoms with E-state index in [2.05, 4.69) is 6.07 Å². The summed E-state index contributed by atoms with van der Waals surface area (Å²) in [5.41, 5.74) is 0.502. The van der Waals surface area contributed by atoms with Gasteiger partial charge in [-0.05, 0) is 56.2 Å². The number of anilines is 1. The Morgan fingerprint density at radius 2 is 1.84 bits per heavy atom. The summed E-state index contributed by atoms with van der Waals surface area (Å²) in [6, 6.07) is 12.1. The Balaban J connectivity index is 1.67. The molecular weight excluding hydrogens is 416 g/mol. The Morgan fingerprint density at radius 3 is 2.44 bits per heavy atom. The Hall–Kier alpha value is -3.47. The number of carbonyl (C=O) groups excluding carboxylic acids is 2. The molecule has 1 fully saturated rings. The highest BCUT2D eigenvalue weighted by Crippen LogP contribution is 2.26. The van der Waals surface area contributed by atoms with Crippen molar-refractivity contribution in [2.45, 2.75) is 26.2 Å². The molecule has 1 saturated heterocycles. The first-order valence-corrected chi connectivity index (χ1v) is 10.6. The summed E-state index contributed by atoms with van der Waals surface area (Å²) >= 11 is 0. The van der Waals surface area contributed by atoms with E-state index in [1.165, 1.54) is 4.90 Å². The number of likely N-dealkylation sites (tertiary alicyclic amines) is 1. The van der Waals surface area contributed by atoms with Crippen LogP contribution in [0.15, 0.2) is 42.5 Å². The zero-order chi connectivity index (χ0) is 23.1. The second kappa shape index (κ2) is 10.7. The van der Waals surface area contributed by atoms with Crippen LogP contribution in [0.5, 0.6) is 5.75 Å². The molecule has 1 heterocycles. The van der Waals surface area contributed by atoms with Crippen molar-refractivity contribution in [3.63, 3.8) is 0 Å². The van der Waals surface area contributed by atoms with Crippen LogP contribution in [0.4, 0.5) is 14.5 Å². The highest BCUT2D eigenvalue weighted by Gasteiger charge is 2.31. The van der Waals surface area contributed by atoms with E-state index >= 15 is 0 Å². The molecule has 0 aliphatic carbocycles. The molecule has 168 valence electrons. The van der Waals surface area contributed by atoms with E-state index in [1.54, 1.807) is 29.2 Å². The minimum atomic E-state index is -0.897. The van der Waals surface area contributed by atoms with Gasteiger partial charge in [0.2, 0.25) is 5.91 Å². The molecule has 8 heteroatoms. The van der Waals surface area contributed by atoms with Crippen LogP contribution in [-0.2, 0) is 4.79 Å². The molecule has 3 rings (SSSR count). The van der Waals surface area contributed by atoms with Crippen LogP contribution in [0, 0.1) is 28.9 Å². The molecule has 32 heavy (non-hydrogen) atoms. The standard InChI is InChI=1S/C24H25F2N3O3/c1-2-32-20-7-5-19(6-8-20)29(13-3-12-27)23(30)17-10-14-28(15-11-17)24(31)21-9-4-18(25)16-22(21)26/h4-9,16-17H,2-3,10-11,13-15H2,1H3. The summed E-state index contributed by atoms with van der Waals surface area (Å²) in [4.78, 5) is 28.9. The predicted octanol–water partition coefficient (Wildman–Crippen LogP) is 4.16. The van der Waals surface area contributed by atoms with E-state index < -0.39 is 17.5 Å². The Morgan fingerprint density at radius 1 is 1.16 bits per heavy atom. The molecule has 6 nitrogen and oxygen atoms in total. The molecule has 0 N–H and O–H groups in total. The van der Waals surface area contributed by atoms with Gasteiger partial charge < -0.3 is 14.5 Å². The number of nitriles is 1. The zero-order valence-electron chi connectivity index (χ0n) is 17.9. The molecule has 2 aromatic rings. The number of halogens is 2. The average molecular weight is 441 g/mol. The van der Waals surface area contributed by atoms with Gasteiger partial charge in [-0.15, -0.1) is 0 Å². The highest BCUT2D eigenvalue weighted by atomic mass is 19.1. The lowest BCUT2D eigenvalue weighted by Crippen LogP contribution is -2.45. The van der Waals surface area contributed by atoms with Gasteiger partial charge in [0.25, 0.3) is 5.91 Å². The number of hydrogen-bond acceptors (Lipinski definition) is 4. The van der Waals surface area contributed by atoms with Crippen molar-refractivity contribution >= 4 is 17.5 Å². The third kappa shape index (κ3) is 5.41. The monoisotopic (exact) mass is 441 g/mol. The molecule has 0 spiro atoms. The normalized spacial score (nSPS) is 14.0. The van der Waals surface area contributed by atoms with Crippen molar-refractivity contribution in [1.82, 2.24) is 4.90 Å². The van der Waals surface area contributed by atoms with Crippen molar-refractivity contribution in [3.8, 4) is 11.8 Å². The van der Waals surface area contributed by atoms with Gasteiger partial charge in [-0.1, -0.05) is 0 Å². The van der Waals surface area contributed by atoms with Gasteiger partial charge in [0.05, 0.1) is 24.7 Å². The second-order valence-corrected chi connectivity index (χ2v) is 7.52. The molecule has 0 bridgehead atoms. The maximum absolute atomic E-state index is 14.0. The van der Waals surface area contributed by atoms with Crippen LogP contribution in [0.3, 0.4) is 0 Å². The summed E-state index contributed by atoms with van der Waals surface area (Å²) in [5, 5.41) is 9.01. The Labute approximate surface area is 186 Å². The van der Waals surface area contributed by atoms with Crippen molar-refractivity contribution < 1.29 is 23.1 Å². The molecule has 2 aromatic carbocycles. The van der Waals surface area contributed by atoms with Gasteiger partial charge in [0, 0.05) is 37.3 Å². The largest absolute Gasteiger partial charge is 0.494 e. The minimum absolute atomic E-state index is 0.107. The number of benzene rings is 2. The van der Waals surface area contributed by atoms with Gasteiger partial charge in [-0.3, -0.25) is 9.59 Å². The first kappa shape index (κ1) is 23.2. The molecule has 1 aliphatic rings. The van der Waals surface area contributed by atoms with Gasteiger partial charge in [-0.2, -0.15) is 5.26 Å². The number of ether oxygens (including phenoxy) is 1. The third-order valence-corrected chi connectivity index (χ3v) is 5.47. The van der Waals surface area contributed by atoms with Crippen molar-refractivity contribution in [2.24, 2.45) is 5.92 Å². The quantitative estimate of drug-likeness (QED) is 0.647. The predicted molar refractivity (Wildman–Crippen MR) is 115 cm³/mol. The maximum atomic E-state index is 14.0. The smallest absolute Gasteiger partial charge is 0.256 e. The second-order valence-electron chi connectivity index (χ2n) is 7.52. The van der Waals surface area contributed by atoms with Gasteiger partial charge in [0.15, 0.2) is 0 Å². The lowest BCUT2D eigenvalue weighted by Gasteiger charge is -2.34. The molecule has 0 radical (unpaired) electrons. The third-order valence-electron chi connectivity index (χ3n) is 5.47. The number of hydrogen-bond donors (Lipinski definition) is 0. The number of nitrogens with zero attached hydrogens (tertiary/aromatic N) is 3. The van der Waals surface area contributed by atoms with Crippen molar-refractivity contribution in [1.29, 1.82) is 5.26 Å². The average Bonchev–Trinajstić information content (AvgIpc) is 2.80. The fourth-order valence-electron chi connectivity index (χ4n) is 3.80. The summed E-state index contributed by atoms with van der Waals surface area (Å²) in [7, 11) is 0. The maximum Gasteiger partial charge on any atom is 0.256 e. The van der Waals surface area contributed by atoms with Gasteiger partial charge >= 0.3 is 0 Å². The number of rotatable bonds is 7. The summed E-state index contributed by atoms with van der Waals surface area (Å²) in [5.74, 6) is -1.88. The summed E-state index contributed by atoms with van der Waals surface area (Å²) in [6.07, 6.45) is 1.04. The molecule has 0 saturated carbocycles. The fourth-order valence-corrected chi connectivity index (χ4v) is 3.80. The van der Waals surface area contributed by atoms with Gasteiger partial charge in [0.1, 0.15) is 17.4 Å². The molecule has 1 aliphatic heterocycles. The van der Waals surface area contributed by atoms with E-state index in [0.29, 0.717) is 50.0 Å². The topological polar surface area (TPSA) is 73.6 Å². The first-order valence-electron chi connectivity index (χ1n) is 10.6. The first-order chi connectivity index (χ1) is 15.4. The van der Waals surface area contributed by atoms with Crippen molar-refractivity contribution in [3.05, 3.63) is 59.7 Å². The van der Waals surface area contributed by atoms with Crippen LogP contribution in [-0.4, -0.2) is 43.0 Å². The SMILES string of the molecule is CCOc1ccc(N(CCC#N)C(=O)C2CCN(C(=O)c3ccc(F)cc3F)CC2)cc1. The van der Waals surface area contributed by atoms with Crippen molar-refractivity contribution in [2.75, 3.05) is 31.1 Å². The molecule has 2 amide bonds. The van der Waals surface area contributed by atoms with Crippen LogP contribution in [0.1, 0.15) is 36.5 Å². The fraction of sp³-hybridized carbons (Fsp3) is 0.375. The number of amides is 2. The summed E-state index contributed by atoms with van der Waals surface area (Å²) in [6.45, 7) is 3.28. The lowest BCUT2D eigenvalue weighted by molar-refractivity contribution is -0.123. The molecule has 0 atom stereocenters. The number of carbonyl (C=O) groups is 2. The minimum Gasteiger partial charge on any atom is -0.494 e. The van der Waals surface area contributed by atoms with E-state index in [4.69, 9.17) is 10.00 Å². The molecule has 0 unspecified atom stereocenters. The van der Waals surface area contributed by atoms with E-state index in [9.17, 15) is 18.4 Å². The number of piperidine rings is 1. The van der Waals surface area contributed by atoms with Crippen LogP contribution >= 0.6 is 0 Å². The van der Waals surface area contributed by atoms with Gasteiger partial charge in [-0.25, -0.2) is 8.78 Å². The van der Waals surface area contributed by atoms with E-state index in [-0.39, 0.29) is 30.4 Å². The summed E-state index contributed by atoms with van der Waals surface area (Å²) < 4.78 is 32.5.